The van der Waals surface area contributed by atoms with Gasteiger partial charge in [-0.1, -0.05) is 0 Å². The average Bonchev–Trinajstić information content (AvgIpc) is 2.61. The molecule has 0 amide bonds. The van der Waals surface area contributed by atoms with Crippen LogP contribution in [-0.2, 0) is 9.59 Å². The Morgan fingerprint density at radius 2 is 2.23 bits per heavy atom. The number of nitrogens with zero attached hydrogens (tertiary/aromatic N) is 1. The zero-order chi connectivity index (χ0) is 9.42. The summed E-state index contributed by atoms with van der Waals surface area (Å²) in [7, 11) is 0. The van der Waals surface area contributed by atoms with Crippen LogP contribution < -0.4 is 5.32 Å². The smallest absolute Gasteiger partial charge is 0.194 e. The van der Waals surface area contributed by atoms with Gasteiger partial charge >= 0.3 is 0 Å². The third-order valence-corrected chi connectivity index (χ3v) is 2.33. The van der Waals surface area contributed by atoms with Crippen molar-refractivity contribution in [2.24, 2.45) is 0 Å². The standard InChI is InChI=1S/C8H7FN2O2/c9-5-1-7-6(3-12)10-8(4-13)11(7)2-5/h5,7,10H,1-2H2. The topological polar surface area (TPSA) is 49.4 Å². The minimum Gasteiger partial charge on any atom is -0.337 e. The molecule has 2 fully saturated rings. The minimum atomic E-state index is -0.987. The zero-order valence-electron chi connectivity index (χ0n) is 6.71. The number of fused-ring (bicyclic) bond motifs is 1. The minimum absolute atomic E-state index is 0.142. The summed E-state index contributed by atoms with van der Waals surface area (Å²) in [5.74, 6) is 3.45. The molecular weight excluding hydrogens is 175 g/mol. The Balaban J connectivity index is 2.37. The summed E-state index contributed by atoms with van der Waals surface area (Å²) >= 11 is 0. The molecule has 0 saturated carbocycles. The second kappa shape index (κ2) is 2.73. The molecule has 2 unspecified atom stereocenters. The predicted octanol–water partition coefficient (Wildman–Crippen LogP) is -0.610. The summed E-state index contributed by atoms with van der Waals surface area (Å²) in [6, 6.07) is -0.344. The average molecular weight is 182 g/mol. The first kappa shape index (κ1) is 8.05. The van der Waals surface area contributed by atoms with Crippen LogP contribution in [0.5, 0.6) is 0 Å². The molecule has 13 heavy (non-hydrogen) atoms. The fourth-order valence-electron chi connectivity index (χ4n) is 1.77. The van der Waals surface area contributed by atoms with E-state index in [1.54, 1.807) is 11.9 Å². The molecule has 0 bridgehead atoms. The van der Waals surface area contributed by atoms with Crippen molar-refractivity contribution in [3.63, 3.8) is 0 Å². The second-order valence-electron chi connectivity index (χ2n) is 3.09. The summed E-state index contributed by atoms with van der Waals surface area (Å²) < 4.78 is 12.9. The predicted molar refractivity (Wildman–Crippen MR) is 41.6 cm³/mol. The molecule has 2 heterocycles. The van der Waals surface area contributed by atoms with Crippen LogP contribution in [0.2, 0.25) is 0 Å². The third-order valence-electron chi connectivity index (χ3n) is 2.33. The number of rotatable bonds is 0. The van der Waals surface area contributed by atoms with Crippen LogP contribution in [-0.4, -0.2) is 35.5 Å². The number of carbonyl (C=O) groups excluding carboxylic acids is 2. The van der Waals surface area contributed by atoms with Gasteiger partial charge in [-0.2, -0.15) is 0 Å². The lowest BCUT2D eigenvalue weighted by atomic mass is 10.2. The monoisotopic (exact) mass is 182 g/mol. The summed E-state index contributed by atoms with van der Waals surface area (Å²) in [4.78, 5) is 22.3. The van der Waals surface area contributed by atoms with Crippen LogP contribution in [0.15, 0.2) is 11.5 Å². The summed E-state index contributed by atoms with van der Waals surface area (Å²) in [6.45, 7) is 0.146. The van der Waals surface area contributed by atoms with Gasteiger partial charge in [0.15, 0.2) is 11.8 Å². The molecule has 0 spiro atoms. The van der Waals surface area contributed by atoms with Gasteiger partial charge < -0.3 is 10.2 Å². The molecule has 2 saturated heterocycles. The molecule has 0 aromatic rings. The first-order valence-corrected chi connectivity index (χ1v) is 3.94. The van der Waals surface area contributed by atoms with Crippen molar-refractivity contribution in [1.29, 1.82) is 0 Å². The van der Waals surface area contributed by atoms with Gasteiger partial charge in [0.2, 0.25) is 0 Å². The largest absolute Gasteiger partial charge is 0.337 e. The maximum Gasteiger partial charge on any atom is 0.194 e. The van der Waals surface area contributed by atoms with Gasteiger partial charge in [-0.15, -0.1) is 0 Å². The molecule has 4 nitrogen and oxygen atoms in total. The summed E-state index contributed by atoms with van der Waals surface area (Å²) in [5, 5.41) is 2.56. The van der Waals surface area contributed by atoms with Crippen LogP contribution in [0, 0.1) is 0 Å². The van der Waals surface area contributed by atoms with E-state index in [1.807, 2.05) is 0 Å². The number of halogens is 1. The molecular formula is C8H7FN2O2. The Kier molecular flexibility index (Phi) is 1.69. The molecule has 2 rings (SSSR count). The Morgan fingerprint density at radius 3 is 2.85 bits per heavy atom. The van der Waals surface area contributed by atoms with Gasteiger partial charge in [0.05, 0.1) is 12.6 Å². The van der Waals surface area contributed by atoms with Gasteiger partial charge in [0, 0.05) is 6.42 Å². The molecule has 68 valence electrons. The maximum absolute atomic E-state index is 12.9. The van der Waals surface area contributed by atoms with Crippen molar-refractivity contribution in [3.8, 4) is 0 Å². The van der Waals surface area contributed by atoms with Crippen molar-refractivity contribution in [2.45, 2.75) is 18.6 Å². The number of hydrogen-bond acceptors (Lipinski definition) is 4. The van der Waals surface area contributed by atoms with E-state index < -0.39 is 6.17 Å². The molecule has 0 aromatic heterocycles. The third kappa shape index (κ3) is 1.06. The van der Waals surface area contributed by atoms with Crippen molar-refractivity contribution >= 4 is 11.9 Å². The van der Waals surface area contributed by atoms with E-state index in [0.717, 1.165) is 0 Å². The second-order valence-corrected chi connectivity index (χ2v) is 3.09. The van der Waals surface area contributed by atoms with E-state index in [9.17, 15) is 14.0 Å². The number of hydrogen-bond donors (Lipinski definition) is 1. The van der Waals surface area contributed by atoms with Crippen molar-refractivity contribution in [3.05, 3.63) is 11.5 Å². The summed E-state index contributed by atoms with van der Waals surface area (Å²) in [5.41, 5.74) is 0.235. The SMILES string of the molecule is O=C=C1NC(=C=O)N2CC(F)CC12. The van der Waals surface area contributed by atoms with E-state index >= 15 is 0 Å². The molecule has 1 N–H and O–H groups in total. The highest BCUT2D eigenvalue weighted by atomic mass is 19.1. The lowest BCUT2D eigenvalue weighted by Gasteiger charge is -2.12. The highest BCUT2D eigenvalue weighted by Gasteiger charge is 2.42. The van der Waals surface area contributed by atoms with Crippen LogP contribution in [0.4, 0.5) is 4.39 Å². The van der Waals surface area contributed by atoms with Crippen molar-refractivity contribution in [1.82, 2.24) is 10.2 Å². The molecule has 5 heteroatoms. The highest BCUT2D eigenvalue weighted by Crippen LogP contribution is 2.31. The zero-order valence-corrected chi connectivity index (χ0v) is 6.71. The number of alkyl halides is 1. The van der Waals surface area contributed by atoms with Gasteiger partial charge in [-0.3, -0.25) is 0 Å². The first-order chi connectivity index (χ1) is 6.26. The first-order valence-electron chi connectivity index (χ1n) is 3.94. The lowest BCUT2D eigenvalue weighted by molar-refractivity contribution is 0.322. The molecule has 0 aromatic carbocycles. The van der Waals surface area contributed by atoms with E-state index in [0.29, 0.717) is 0 Å². The molecule has 2 aliphatic rings. The van der Waals surface area contributed by atoms with E-state index in [2.05, 4.69) is 5.32 Å². The van der Waals surface area contributed by atoms with Crippen LogP contribution in [0.25, 0.3) is 0 Å². The highest BCUT2D eigenvalue weighted by molar-refractivity contribution is 5.62. The van der Waals surface area contributed by atoms with Gasteiger partial charge in [0.1, 0.15) is 17.8 Å². The molecule has 2 aliphatic heterocycles. The Bertz CT molecular complexity index is 310. The fourth-order valence-corrected chi connectivity index (χ4v) is 1.77. The van der Waals surface area contributed by atoms with E-state index in [4.69, 9.17) is 0 Å². The lowest BCUT2D eigenvalue weighted by Crippen LogP contribution is -2.23. The van der Waals surface area contributed by atoms with E-state index in [1.165, 1.54) is 4.90 Å². The Morgan fingerprint density at radius 1 is 1.46 bits per heavy atom. The molecule has 2 atom stereocenters. The van der Waals surface area contributed by atoms with Gasteiger partial charge in [-0.05, 0) is 0 Å². The van der Waals surface area contributed by atoms with Crippen LogP contribution in [0.3, 0.4) is 0 Å². The Labute approximate surface area is 73.7 Å². The van der Waals surface area contributed by atoms with Gasteiger partial charge in [-0.25, -0.2) is 14.0 Å². The normalized spacial score (nSPS) is 31.0. The van der Waals surface area contributed by atoms with Gasteiger partial charge in [0.25, 0.3) is 0 Å². The molecule has 0 aliphatic carbocycles. The van der Waals surface area contributed by atoms with Crippen LogP contribution >= 0.6 is 0 Å². The van der Waals surface area contributed by atoms with E-state index in [-0.39, 0.29) is 30.5 Å². The van der Waals surface area contributed by atoms with Crippen molar-refractivity contribution in [2.75, 3.05) is 6.54 Å². The fraction of sp³-hybridized carbons (Fsp3) is 0.500. The number of nitrogens with one attached hydrogen (secondary N) is 1. The maximum atomic E-state index is 12.9. The van der Waals surface area contributed by atoms with Crippen LogP contribution in [0.1, 0.15) is 6.42 Å². The summed E-state index contributed by atoms with van der Waals surface area (Å²) in [6.07, 6.45) is -0.748. The molecule has 0 radical (unpaired) electrons. The quantitative estimate of drug-likeness (QED) is 0.508. The van der Waals surface area contributed by atoms with Crippen molar-refractivity contribution < 1.29 is 14.0 Å². The Hall–Kier alpha value is -1.57.